The van der Waals surface area contributed by atoms with Crippen molar-refractivity contribution in [3.8, 4) is 11.9 Å². The van der Waals surface area contributed by atoms with Crippen molar-refractivity contribution in [2.75, 3.05) is 6.61 Å². The standard InChI is InChI=1S/C18H14F3N3O2/c19-18(20,21)12-26-17-9-13(7-8-23-17)11-24-16(25)6-5-14-3-1-2-4-15(14)10-22/h1-9H,11-12H2,(H,24,25)/b6-5-. The number of carbonyl (C=O) groups is 1. The number of amides is 1. The lowest BCUT2D eigenvalue weighted by Crippen LogP contribution is -2.21. The second-order valence-electron chi connectivity index (χ2n) is 5.16. The van der Waals surface area contributed by atoms with Crippen molar-refractivity contribution in [3.05, 3.63) is 65.4 Å². The summed E-state index contributed by atoms with van der Waals surface area (Å²) < 4.78 is 41.0. The summed E-state index contributed by atoms with van der Waals surface area (Å²) in [6, 6.07) is 11.7. The van der Waals surface area contributed by atoms with Gasteiger partial charge in [0, 0.05) is 24.9 Å². The third-order valence-electron chi connectivity index (χ3n) is 3.15. The van der Waals surface area contributed by atoms with Crippen LogP contribution < -0.4 is 10.1 Å². The Bertz CT molecular complexity index is 842. The number of ether oxygens (including phenoxy) is 1. The fourth-order valence-electron chi connectivity index (χ4n) is 1.95. The molecule has 0 aliphatic carbocycles. The number of pyridine rings is 1. The number of aromatic nitrogens is 1. The number of hydrogen-bond acceptors (Lipinski definition) is 4. The molecule has 1 amide bonds. The molecule has 1 N–H and O–H groups in total. The normalized spacial score (nSPS) is 11.2. The molecular weight excluding hydrogens is 347 g/mol. The maximum atomic E-state index is 12.1. The van der Waals surface area contributed by atoms with Crippen molar-refractivity contribution >= 4 is 12.0 Å². The minimum Gasteiger partial charge on any atom is -0.468 e. The minimum atomic E-state index is -4.45. The van der Waals surface area contributed by atoms with Crippen LogP contribution in [-0.2, 0) is 11.3 Å². The second-order valence-corrected chi connectivity index (χ2v) is 5.16. The summed E-state index contributed by atoms with van der Waals surface area (Å²) in [6.45, 7) is -1.34. The van der Waals surface area contributed by atoms with Gasteiger partial charge in [-0.25, -0.2) is 4.98 Å². The molecule has 1 aromatic carbocycles. The molecule has 1 heterocycles. The second kappa shape index (κ2) is 8.67. The van der Waals surface area contributed by atoms with Gasteiger partial charge in [-0.15, -0.1) is 0 Å². The molecule has 0 bridgehead atoms. The van der Waals surface area contributed by atoms with E-state index in [4.69, 9.17) is 5.26 Å². The van der Waals surface area contributed by atoms with Gasteiger partial charge in [0.25, 0.3) is 0 Å². The predicted molar refractivity (Wildman–Crippen MR) is 87.8 cm³/mol. The van der Waals surface area contributed by atoms with Crippen molar-refractivity contribution in [2.45, 2.75) is 12.7 Å². The molecule has 0 atom stereocenters. The van der Waals surface area contributed by atoms with E-state index in [0.717, 1.165) is 0 Å². The number of nitrogens with zero attached hydrogens (tertiary/aromatic N) is 2. The first-order valence-corrected chi connectivity index (χ1v) is 7.47. The number of nitriles is 1. The Balaban J connectivity index is 1.91. The van der Waals surface area contributed by atoms with Crippen molar-refractivity contribution in [3.63, 3.8) is 0 Å². The molecule has 1 aromatic heterocycles. The highest BCUT2D eigenvalue weighted by Crippen LogP contribution is 2.17. The van der Waals surface area contributed by atoms with Crippen LogP contribution in [0.25, 0.3) is 6.08 Å². The summed E-state index contributed by atoms with van der Waals surface area (Å²) in [7, 11) is 0. The monoisotopic (exact) mass is 361 g/mol. The highest BCUT2D eigenvalue weighted by atomic mass is 19.4. The van der Waals surface area contributed by atoms with Crippen LogP contribution >= 0.6 is 0 Å². The molecule has 0 radical (unpaired) electrons. The Hall–Kier alpha value is -3.34. The average molecular weight is 361 g/mol. The molecule has 0 aliphatic rings. The highest BCUT2D eigenvalue weighted by Gasteiger charge is 2.28. The maximum Gasteiger partial charge on any atom is 0.422 e. The van der Waals surface area contributed by atoms with Crippen LogP contribution in [-0.4, -0.2) is 23.7 Å². The number of nitrogens with one attached hydrogen (secondary N) is 1. The number of hydrogen-bond donors (Lipinski definition) is 1. The van der Waals surface area contributed by atoms with Gasteiger partial charge < -0.3 is 10.1 Å². The Morgan fingerprint density at radius 2 is 2.08 bits per heavy atom. The van der Waals surface area contributed by atoms with Crippen molar-refractivity contribution in [1.82, 2.24) is 10.3 Å². The molecule has 5 nitrogen and oxygen atoms in total. The lowest BCUT2D eigenvalue weighted by atomic mass is 10.1. The number of halogens is 3. The van der Waals surface area contributed by atoms with Crippen molar-refractivity contribution in [2.24, 2.45) is 0 Å². The summed E-state index contributed by atoms with van der Waals surface area (Å²) in [6.07, 6.45) is -0.362. The largest absolute Gasteiger partial charge is 0.468 e. The number of alkyl halides is 3. The Morgan fingerprint density at radius 1 is 1.31 bits per heavy atom. The van der Waals surface area contributed by atoms with E-state index in [1.807, 2.05) is 6.07 Å². The van der Waals surface area contributed by atoms with Gasteiger partial charge in [0.2, 0.25) is 11.8 Å². The lowest BCUT2D eigenvalue weighted by molar-refractivity contribution is -0.154. The van der Waals surface area contributed by atoms with Gasteiger partial charge in [0.1, 0.15) is 0 Å². The van der Waals surface area contributed by atoms with Gasteiger partial charge in [0.05, 0.1) is 11.6 Å². The van der Waals surface area contributed by atoms with E-state index >= 15 is 0 Å². The molecule has 134 valence electrons. The van der Waals surface area contributed by atoms with Crippen LogP contribution in [0.15, 0.2) is 48.7 Å². The molecule has 0 unspecified atom stereocenters. The zero-order valence-electron chi connectivity index (χ0n) is 13.5. The predicted octanol–water partition coefficient (Wildman–Crippen LogP) is 3.22. The third kappa shape index (κ3) is 6.28. The summed E-state index contributed by atoms with van der Waals surface area (Å²) >= 11 is 0. The smallest absolute Gasteiger partial charge is 0.422 e. The molecule has 0 saturated carbocycles. The van der Waals surface area contributed by atoms with Gasteiger partial charge >= 0.3 is 6.18 Å². The topological polar surface area (TPSA) is 75.0 Å². The van der Waals surface area contributed by atoms with Crippen molar-refractivity contribution in [1.29, 1.82) is 5.26 Å². The Morgan fingerprint density at radius 3 is 2.81 bits per heavy atom. The molecule has 2 rings (SSSR count). The molecule has 0 saturated heterocycles. The number of rotatable bonds is 6. The molecule has 0 spiro atoms. The Kier molecular flexibility index (Phi) is 6.33. The van der Waals surface area contributed by atoms with Crippen LogP contribution in [0, 0.1) is 11.3 Å². The SMILES string of the molecule is N#Cc1ccccc1/C=C\C(=O)NCc1ccnc(OCC(F)(F)F)c1. The van der Waals surface area contributed by atoms with E-state index in [9.17, 15) is 18.0 Å². The summed E-state index contributed by atoms with van der Waals surface area (Å²) in [5.41, 5.74) is 1.59. The first-order chi connectivity index (χ1) is 12.4. The van der Waals surface area contributed by atoms with Crippen LogP contribution in [0.2, 0.25) is 0 Å². The molecule has 0 fully saturated rings. The lowest BCUT2D eigenvalue weighted by Gasteiger charge is -2.09. The quantitative estimate of drug-likeness (QED) is 0.802. The fourth-order valence-corrected chi connectivity index (χ4v) is 1.95. The highest BCUT2D eigenvalue weighted by molar-refractivity contribution is 5.92. The molecular formula is C18H14F3N3O2. The maximum absolute atomic E-state index is 12.1. The van der Waals surface area contributed by atoms with Gasteiger partial charge in [-0.05, 0) is 29.3 Å². The third-order valence-corrected chi connectivity index (χ3v) is 3.15. The first-order valence-electron chi connectivity index (χ1n) is 7.47. The van der Waals surface area contributed by atoms with Crippen LogP contribution in [0.1, 0.15) is 16.7 Å². The van der Waals surface area contributed by atoms with E-state index in [1.54, 1.807) is 30.3 Å². The number of benzene rings is 1. The van der Waals surface area contributed by atoms with Crippen LogP contribution in [0.3, 0.4) is 0 Å². The van der Waals surface area contributed by atoms with E-state index in [2.05, 4.69) is 15.0 Å². The van der Waals surface area contributed by atoms with Gasteiger partial charge in [-0.3, -0.25) is 4.79 Å². The van der Waals surface area contributed by atoms with Crippen LogP contribution in [0.5, 0.6) is 5.88 Å². The minimum absolute atomic E-state index is 0.0912. The van der Waals surface area contributed by atoms with Crippen LogP contribution in [0.4, 0.5) is 13.2 Å². The summed E-state index contributed by atoms with van der Waals surface area (Å²) in [4.78, 5) is 15.5. The van der Waals surface area contributed by atoms with Gasteiger partial charge in [-0.1, -0.05) is 18.2 Å². The zero-order valence-corrected chi connectivity index (χ0v) is 13.5. The average Bonchev–Trinajstić information content (AvgIpc) is 2.63. The Labute approximate surface area is 147 Å². The molecule has 2 aromatic rings. The van der Waals surface area contributed by atoms with E-state index < -0.39 is 18.7 Å². The van der Waals surface area contributed by atoms with E-state index in [-0.39, 0.29) is 12.4 Å². The zero-order chi connectivity index (χ0) is 19.0. The first kappa shape index (κ1) is 19.0. The van der Waals surface area contributed by atoms with E-state index in [0.29, 0.717) is 16.7 Å². The summed E-state index contributed by atoms with van der Waals surface area (Å²) in [5, 5.41) is 11.6. The van der Waals surface area contributed by atoms with Gasteiger partial charge in [0.15, 0.2) is 6.61 Å². The van der Waals surface area contributed by atoms with Gasteiger partial charge in [-0.2, -0.15) is 18.4 Å². The fraction of sp³-hybridized carbons (Fsp3) is 0.167. The molecule has 8 heteroatoms. The van der Waals surface area contributed by atoms with E-state index in [1.165, 1.54) is 24.4 Å². The molecule has 26 heavy (non-hydrogen) atoms. The molecule has 0 aliphatic heterocycles. The summed E-state index contributed by atoms with van der Waals surface area (Å²) in [5.74, 6) is -0.583. The number of carbonyl (C=O) groups excluding carboxylic acids is 1. The van der Waals surface area contributed by atoms with Crippen molar-refractivity contribution < 1.29 is 22.7 Å².